The molecule has 5 heteroatoms. The minimum absolute atomic E-state index is 0.308. The normalized spacial score (nSPS) is 10.2. The molecule has 4 N–H and O–H groups in total. The molecule has 0 aliphatic carbocycles. The Morgan fingerprint density at radius 3 is 2.63 bits per heavy atom. The zero-order valence-electron chi connectivity index (χ0n) is 10.8. The summed E-state index contributed by atoms with van der Waals surface area (Å²) in [6.07, 6.45) is 1.44. The van der Waals surface area contributed by atoms with Crippen molar-refractivity contribution in [2.75, 3.05) is 11.1 Å². The van der Waals surface area contributed by atoms with Gasteiger partial charge in [0.15, 0.2) is 0 Å². The Morgan fingerprint density at radius 1 is 1.21 bits per heavy atom. The van der Waals surface area contributed by atoms with E-state index in [2.05, 4.69) is 10.3 Å². The molecule has 0 spiro atoms. The van der Waals surface area contributed by atoms with Crippen LogP contribution in [0.2, 0.25) is 0 Å². The van der Waals surface area contributed by atoms with Gasteiger partial charge in [-0.3, -0.25) is 9.59 Å². The van der Waals surface area contributed by atoms with Crippen LogP contribution in [-0.2, 0) is 0 Å². The molecule has 0 radical (unpaired) electrons. The number of hydrogen-bond donors (Lipinski definition) is 3. The summed E-state index contributed by atoms with van der Waals surface area (Å²) in [4.78, 5) is 25.6. The van der Waals surface area contributed by atoms with Crippen LogP contribution in [0.25, 0.3) is 0 Å². The molecule has 2 rings (SSSR count). The van der Waals surface area contributed by atoms with E-state index in [0.717, 1.165) is 11.1 Å². The number of aryl methyl sites for hydroxylation is 2. The standard InChI is InChI=1S/C14H15N3O2/c1-8-5-9(2)12(7-11(8)15)17-14(19)10-3-4-16-13(18)6-10/h3-7H,15H2,1-2H3,(H,16,18)(H,17,19). The minimum Gasteiger partial charge on any atom is -0.398 e. The first-order valence-corrected chi connectivity index (χ1v) is 5.84. The number of aromatic amines is 1. The number of rotatable bonds is 2. The Hall–Kier alpha value is -2.56. The van der Waals surface area contributed by atoms with Gasteiger partial charge in [-0.2, -0.15) is 0 Å². The van der Waals surface area contributed by atoms with Gasteiger partial charge in [0.2, 0.25) is 5.56 Å². The maximum absolute atomic E-state index is 12.0. The molecule has 0 bridgehead atoms. The van der Waals surface area contributed by atoms with E-state index in [1.54, 1.807) is 12.1 Å². The number of pyridine rings is 1. The molecule has 0 saturated heterocycles. The van der Waals surface area contributed by atoms with Gasteiger partial charge >= 0.3 is 0 Å². The molecule has 1 amide bonds. The number of nitrogens with one attached hydrogen (secondary N) is 2. The summed E-state index contributed by atoms with van der Waals surface area (Å²) in [5.41, 5.74) is 8.97. The number of carbonyl (C=O) groups excluding carboxylic acids is 1. The second kappa shape index (κ2) is 4.97. The highest BCUT2D eigenvalue weighted by Crippen LogP contribution is 2.22. The summed E-state index contributed by atoms with van der Waals surface area (Å²) in [7, 11) is 0. The lowest BCUT2D eigenvalue weighted by molar-refractivity contribution is 0.102. The zero-order chi connectivity index (χ0) is 14.0. The molecule has 0 saturated carbocycles. The Bertz CT molecular complexity index is 689. The molecule has 0 unspecified atom stereocenters. The Balaban J connectivity index is 2.29. The molecule has 0 atom stereocenters. The number of nitrogen functional groups attached to an aromatic ring is 1. The van der Waals surface area contributed by atoms with Crippen LogP contribution in [0.3, 0.4) is 0 Å². The van der Waals surface area contributed by atoms with Crippen LogP contribution in [-0.4, -0.2) is 10.9 Å². The van der Waals surface area contributed by atoms with Crippen molar-refractivity contribution in [3.63, 3.8) is 0 Å². The van der Waals surface area contributed by atoms with Gasteiger partial charge < -0.3 is 16.0 Å². The lowest BCUT2D eigenvalue weighted by atomic mass is 10.1. The average molecular weight is 257 g/mol. The van der Waals surface area contributed by atoms with Gasteiger partial charge in [-0.25, -0.2) is 0 Å². The predicted molar refractivity (Wildman–Crippen MR) is 75.3 cm³/mol. The molecule has 1 aromatic heterocycles. The summed E-state index contributed by atoms with van der Waals surface area (Å²) < 4.78 is 0. The average Bonchev–Trinajstić information content (AvgIpc) is 2.36. The molecule has 2 aromatic rings. The minimum atomic E-state index is -0.336. The fourth-order valence-electron chi connectivity index (χ4n) is 1.78. The van der Waals surface area contributed by atoms with E-state index in [1.807, 2.05) is 19.9 Å². The second-order valence-electron chi connectivity index (χ2n) is 4.42. The van der Waals surface area contributed by atoms with Gasteiger partial charge in [-0.05, 0) is 37.1 Å². The molecule has 19 heavy (non-hydrogen) atoms. The maximum Gasteiger partial charge on any atom is 0.255 e. The van der Waals surface area contributed by atoms with E-state index in [-0.39, 0.29) is 11.5 Å². The molecular formula is C14H15N3O2. The highest BCUT2D eigenvalue weighted by Gasteiger charge is 2.09. The van der Waals surface area contributed by atoms with Crippen molar-refractivity contribution >= 4 is 17.3 Å². The fourth-order valence-corrected chi connectivity index (χ4v) is 1.78. The predicted octanol–water partition coefficient (Wildman–Crippen LogP) is 1.83. The SMILES string of the molecule is Cc1cc(C)c(NC(=O)c2cc[nH]c(=O)c2)cc1N. The van der Waals surface area contributed by atoms with Crippen LogP contribution < -0.4 is 16.6 Å². The van der Waals surface area contributed by atoms with Crippen molar-refractivity contribution in [1.29, 1.82) is 0 Å². The maximum atomic E-state index is 12.0. The topological polar surface area (TPSA) is 88.0 Å². The smallest absolute Gasteiger partial charge is 0.255 e. The Labute approximate surface area is 110 Å². The van der Waals surface area contributed by atoms with Crippen molar-refractivity contribution in [3.8, 4) is 0 Å². The molecule has 0 fully saturated rings. The second-order valence-corrected chi connectivity index (χ2v) is 4.42. The van der Waals surface area contributed by atoms with Crippen LogP contribution in [0.4, 0.5) is 11.4 Å². The number of aromatic nitrogens is 1. The number of benzene rings is 1. The molecule has 0 aliphatic heterocycles. The number of carbonyl (C=O) groups is 1. The first-order valence-electron chi connectivity index (χ1n) is 5.84. The summed E-state index contributed by atoms with van der Waals surface area (Å²) in [6, 6.07) is 6.42. The van der Waals surface area contributed by atoms with E-state index in [9.17, 15) is 9.59 Å². The van der Waals surface area contributed by atoms with Crippen molar-refractivity contribution in [2.45, 2.75) is 13.8 Å². The van der Waals surface area contributed by atoms with E-state index >= 15 is 0 Å². The molecule has 5 nitrogen and oxygen atoms in total. The van der Waals surface area contributed by atoms with Gasteiger partial charge in [0.05, 0.1) is 0 Å². The highest BCUT2D eigenvalue weighted by atomic mass is 16.2. The highest BCUT2D eigenvalue weighted by molar-refractivity contribution is 6.04. The third-order valence-electron chi connectivity index (χ3n) is 2.90. The van der Waals surface area contributed by atoms with Crippen LogP contribution in [0.1, 0.15) is 21.5 Å². The largest absolute Gasteiger partial charge is 0.398 e. The number of H-pyrrole nitrogens is 1. The third-order valence-corrected chi connectivity index (χ3v) is 2.90. The van der Waals surface area contributed by atoms with Crippen LogP contribution in [0.5, 0.6) is 0 Å². The van der Waals surface area contributed by atoms with Crippen molar-refractivity contribution in [1.82, 2.24) is 4.98 Å². The monoisotopic (exact) mass is 257 g/mol. The van der Waals surface area contributed by atoms with Gasteiger partial charge in [-0.1, -0.05) is 6.07 Å². The first-order chi connectivity index (χ1) is 8.97. The van der Waals surface area contributed by atoms with Gasteiger partial charge in [0.25, 0.3) is 5.91 Å². The third kappa shape index (κ3) is 2.82. The zero-order valence-corrected chi connectivity index (χ0v) is 10.8. The molecule has 1 heterocycles. The fraction of sp³-hybridized carbons (Fsp3) is 0.143. The molecular weight excluding hydrogens is 242 g/mol. The van der Waals surface area contributed by atoms with Gasteiger partial charge in [0, 0.05) is 29.2 Å². The Morgan fingerprint density at radius 2 is 1.95 bits per heavy atom. The summed E-state index contributed by atoms with van der Waals surface area (Å²) >= 11 is 0. The van der Waals surface area contributed by atoms with Crippen LogP contribution >= 0.6 is 0 Å². The number of amides is 1. The lowest BCUT2D eigenvalue weighted by Gasteiger charge is -2.11. The van der Waals surface area contributed by atoms with Gasteiger partial charge in [-0.15, -0.1) is 0 Å². The van der Waals surface area contributed by atoms with E-state index in [1.165, 1.54) is 12.3 Å². The Kier molecular flexibility index (Phi) is 3.37. The van der Waals surface area contributed by atoms with Crippen molar-refractivity contribution < 1.29 is 4.79 Å². The number of anilines is 2. The quantitative estimate of drug-likeness (QED) is 0.717. The molecule has 1 aromatic carbocycles. The summed E-state index contributed by atoms with van der Waals surface area (Å²) in [6.45, 7) is 3.80. The van der Waals surface area contributed by atoms with Crippen LogP contribution in [0.15, 0.2) is 35.3 Å². The van der Waals surface area contributed by atoms with Crippen molar-refractivity contribution in [3.05, 3.63) is 57.5 Å². The van der Waals surface area contributed by atoms with Crippen LogP contribution in [0, 0.1) is 13.8 Å². The first kappa shape index (κ1) is 12.9. The molecule has 98 valence electrons. The van der Waals surface area contributed by atoms with E-state index < -0.39 is 0 Å². The summed E-state index contributed by atoms with van der Waals surface area (Å²) in [5.74, 6) is -0.336. The number of hydrogen-bond acceptors (Lipinski definition) is 3. The molecule has 0 aliphatic rings. The summed E-state index contributed by atoms with van der Waals surface area (Å²) in [5, 5.41) is 2.75. The van der Waals surface area contributed by atoms with Crippen molar-refractivity contribution in [2.24, 2.45) is 0 Å². The lowest BCUT2D eigenvalue weighted by Crippen LogP contribution is -2.16. The van der Waals surface area contributed by atoms with Gasteiger partial charge in [0.1, 0.15) is 0 Å². The number of nitrogens with two attached hydrogens (primary N) is 1. The van der Waals surface area contributed by atoms with E-state index in [4.69, 9.17) is 5.73 Å². The van der Waals surface area contributed by atoms with E-state index in [0.29, 0.717) is 16.9 Å².